The van der Waals surface area contributed by atoms with Crippen molar-refractivity contribution in [3.05, 3.63) is 29.8 Å². The molecule has 140 valence electrons. The van der Waals surface area contributed by atoms with Crippen LogP contribution in [0.25, 0.3) is 0 Å². The van der Waals surface area contributed by atoms with E-state index in [1.807, 2.05) is 0 Å². The first-order valence-electron chi connectivity index (χ1n) is 9.46. The molecule has 0 unspecified atom stereocenters. The second-order valence-corrected chi connectivity index (χ2v) is 7.25. The predicted molar refractivity (Wildman–Crippen MR) is 97.7 cm³/mol. The van der Waals surface area contributed by atoms with Gasteiger partial charge in [0.1, 0.15) is 0 Å². The summed E-state index contributed by atoms with van der Waals surface area (Å²) in [6.45, 7) is -0.302. The molecule has 6 nitrogen and oxygen atoms in total. The van der Waals surface area contributed by atoms with Gasteiger partial charge in [-0.1, -0.05) is 25.3 Å². The monoisotopic (exact) mass is 358 g/mol. The minimum Gasteiger partial charge on any atom is -0.456 e. The summed E-state index contributed by atoms with van der Waals surface area (Å²) in [6.07, 6.45) is 8.15. The number of hydrogen-bond donors (Lipinski definition) is 2. The summed E-state index contributed by atoms with van der Waals surface area (Å²) in [7, 11) is 0. The first-order chi connectivity index (χ1) is 12.6. The highest BCUT2D eigenvalue weighted by atomic mass is 16.5. The van der Waals surface area contributed by atoms with Crippen LogP contribution in [0.15, 0.2) is 24.3 Å². The Morgan fingerprint density at radius 3 is 2.54 bits per heavy atom. The van der Waals surface area contributed by atoms with Gasteiger partial charge >= 0.3 is 5.97 Å². The molecule has 1 aromatic rings. The Morgan fingerprint density at radius 1 is 1.04 bits per heavy atom. The van der Waals surface area contributed by atoms with Crippen LogP contribution in [0.5, 0.6) is 0 Å². The van der Waals surface area contributed by atoms with Crippen molar-refractivity contribution in [1.82, 2.24) is 5.32 Å². The zero-order valence-corrected chi connectivity index (χ0v) is 15.0. The summed E-state index contributed by atoms with van der Waals surface area (Å²) in [5, 5.41) is 5.58. The number of ether oxygens (including phenoxy) is 1. The van der Waals surface area contributed by atoms with E-state index in [0.29, 0.717) is 23.6 Å². The standard InChI is InChI=1S/C20H26N2O4/c23-18(13-26-19(24)11-14-5-2-1-3-6-14)21-17-8-4-7-15(12-17)20(25)22-16-9-10-16/h4,7-8,12,14,16H,1-3,5-6,9-11,13H2,(H,21,23)(H,22,25). The van der Waals surface area contributed by atoms with Crippen molar-refractivity contribution in [2.24, 2.45) is 5.92 Å². The Bertz CT molecular complexity index is 664. The van der Waals surface area contributed by atoms with E-state index in [2.05, 4.69) is 10.6 Å². The van der Waals surface area contributed by atoms with E-state index in [0.717, 1.165) is 25.7 Å². The average Bonchev–Trinajstić information content (AvgIpc) is 3.45. The van der Waals surface area contributed by atoms with E-state index in [4.69, 9.17) is 4.74 Å². The Balaban J connectivity index is 1.42. The van der Waals surface area contributed by atoms with Crippen LogP contribution in [0.4, 0.5) is 5.69 Å². The summed E-state index contributed by atoms with van der Waals surface area (Å²) in [4.78, 5) is 35.9. The van der Waals surface area contributed by atoms with Crippen LogP contribution < -0.4 is 10.6 Å². The molecule has 0 bridgehead atoms. The first kappa shape index (κ1) is 18.4. The van der Waals surface area contributed by atoms with Gasteiger partial charge in [-0.2, -0.15) is 0 Å². The van der Waals surface area contributed by atoms with Crippen molar-refractivity contribution in [3.8, 4) is 0 Å². The molecule has 2 saturated carbocycles. The molecule has 0 saturated heterocycles. The number of amides is 2. The molecule has 6 heteroatoms. The molecule has 2 aliphatic carbocycles. The highest BCUT2D eigenvalue weighted by Gasteiger charge is 2.24. The third-order valence-corrected chi connectivity index (χ3v) is 4.87. The van der Waals surface area contributed by atoms with Crippen LogP contribution in [-0.2, 0) is 14.3 Å². The molecule has 3 rings (SSSR count). The average molecular weight is 358 g/mol. The van der Waals surface area contributed by atoms with Gasteiger partial charge in [0.05, 0.1) is 0 Å². The molecule has 2 fully saturated rings. The highest BCUT2D eigenvalue weighted by molar-refractivity contribution is 5.98. The van der Waals surface area contributed by atoms with E-state index in [1.165, 1.54) is 19.3 Å². The third kappa shape index (κ3) is 5.86. The van der Waals surface area contributed by atoms with Gasteiger partial charge in [0.2, 0.25) is 0 Å². The zero-order chi connectivity index (χ0) is 18.4. The van der Waals surface area contributed by atoms with Crippen LogP contribution in [0, 0.1) is 5.92 Å². The van der Waals surface area contributed by atoms with E-state index < -0.39 is 5.91 Å². The third-order valence-electron chi connectivity index (χ3n) is 4.87. The van der Waals surface area contributed by atoms with Crippen LogP contribution >= 0.6 is 0 Å². The van der Waals surface area contributed by atoms with Crippen molar-refractivity contribution in [2.75, 3.05) is 11.9 Å². The maximum atomic E-state index is 12.0. The molecular weight excluding hydrogens is 332 g/mol. The lowest BCUT2D eigenvalue weighted by Gasteiger charge is -2.20. The molecule has 0 heterocycles. The minimum atomic E-state index is -0.401. The molecule has 2 amide bonds. The zero-order valence-electron chi connectivity index (χ0n) is 15.0. The SMILES string of the molecule is O=C(COC(=O)CC1CCCCC1)Nc1cccc(C(=O)NC2CC2)c1. The summed E-state index contributed by atoms with van der Waals surface area (Å²) in [5.41, 5.74) is 1.02. The normalized spacial score (nSPS) is 17.4. The summed E-state index contributed by atoms with van der Waals surface area (Å²) < 4.78 is 5.09. The first-order valence-corrected chi connectivity index (χ1v) is 9.46. The van der Waals surface area contributed by atoms with Crippen LogP contribution in [0.2, 0.25) is 0 Å². The van der Waals surface area contributed by atoms with Gasteiger partial charge in [0.25, 0.3) is 11.8 Å². The number of hydrogen-bond acceptors (Lipinski definition) is 4. The molecule has 2 N–H and O–H groups in total. The molecule has 0 aromatic heterocycles. The molecule has 1 aromatic carbocycles. The van der Waals surface area contributed by atoms with Crippen LogP contribution in [-0.4, -0.2) is 30.4 Å². The van der Waals surface area contributed by atoms with Crippen LogP contribution in [0.3, 0.4) is 0 Å². The van der Waals surface area contributed by atoms with Gasteiger partial charge in [-0.25, -0.2) is 0 Å². The number of rotatable bonds is 7. The van der Waals surface area contributed by atoms with Crippen molar-refractivity contribution in [3.63, 3.8) is 0 Å². The van der Waals surface area contributed by atoms with E-state index in [1.54, 1.807) is 24.3 Å². The van der Waals surface area contributed by atoms with Gasteiger partial charge in [0.15, 0.2) is 6.61 Å². The van der Waals surface area contributed by atoms with Crippen LogP contribution in [0.1, 0.15) is 61.7 Å². The Hall–Kier alpha value is -2.37. The van der Waals surface area contributed by atoms with Gasteiger partial charge in [-0.3, -0.25) is 14.4 Å². The molecule has 0 radical (unpaired) electrons. The van der Waals surface area contributed by atoms with Crippen molar-refractivity contribution in [2.45, 2.75) is 57.4 Å². The lowest BCUT2D eigenvalue weighted by molar-refractivity contribution is -0.148. The molecule has 26 heavy (non-hydrogen) atoms. The smallest absolute Gasteiger partial charge is 0.306 e. The van der Waals surface area contributed by atoms with Gasteiger partial charge in [-0.15, -0.1) is 0 Å². The fourth-order valence-electron chi connectivity index (χ4n) is 3.26. The lowest BCUT2D eigenvalue weighted by Crippen LogP contribution is -2.26. The van der Waals surface area contributed by atoms with Crippen molar-refractivity contribution < 1.29 is 19.1 Å². The fourth-order valence-corrected chi connectivity index (χ4v) is 3.26. The Morgan fingerprint density at radius 2 is 1.81 bits per heavy atom. The Labute approximate surface area is 153 Å². The number of carbonyl (C=O) groups is 3. The predicted octanol–water partition coefficient (Wildman–Crippen LogP) is 3.03. The van der Waals surface area contributed by atoms with E-state index in [9.17, 15) is 14.4 Å². The van der Waals surface area contributed by atoms with E-state index >= 15 is 0 Å². The molecule has 2 aliphatic rings. The second kappa shape index (κ2) is 8.83. The maximum Gasteiger partial charge on any atom is 0.306 e. The minimum absolute atomic E-state index is 0.137. The van der Waals surface area contributed by atoms with Crippen molar-refractivity contribution >= 4 is 23.5 Å². The number of benzene rings is 1. The summed E-state index contributed by atoms with van der Waals surface area (Å²) in [6, 6.07) is 7.03. The summed E-state index contributed by atoms with van der Waals surface area (Å²) >= 11 is 0. The quantitative estimate of drug-likeness (QED) is 0.734. The fraction of sp³-hybridized carbons (Fsp3) is 0.550. The van der Waals surface area contributed by atoms with Gasteiger partial charge in [0, 0.05) is 23.7 Å². The number of nitrogens with one attached hydrogen (secondary N) is 2. The highest BCUT2D eigenvalue weighted by Crippen LogP contribution is 2.26. The van der Waals surface area contributed by atoms with Crippen molar-refractivity contribution in [1.29, 1.82) is 0 Å². The summed E-state index contributed by atoms with van der Waals surface area (Å²) in [5.74, 6) is -0.463. The molecule has 0 spiro atoms. The number of esters is 1. The Kier molecular flexibility index (Phi) is 6.26. The lowest BCUT2D eigenvalue weighted by atomic mass is 9.87. The topological polar surface area (TPSA) is 84.5 Å². The molecule has 0 atom stereocenters. The molecular formula is C20H26N2O4. The number of anilines is 1. The largest absolute Gasteiger partial charge is 0.456 e. The van der Waals surface area contributed by atoms with Gasteiger partial charge in [-0.05, 0) is 49.8 Å². The van der Waals surface area contributed by atoms with E-state index in [-0.39, 0.29) is 24.5 Å². The molecule has 0 aliphatic heterocycles. The van der Waals surface area contributed by atoms with Gasteiger partial charge < -0.3 is 15.4 Å². The number of carbonyl (C=O) groups excluding carboxylic acids is 3. The second-order valence-electron chi connectivity index (χ2n) is 7.25. The maximum absolute atomic E-state index is 12.0.